The SMILES string of the molecule is CCCn1ncnc1CC(CCc1ccccc1)NCC. The van der Waals surface area contributed by atoms with Crippen LogP contribution in [-0.2, 0) is 19.4 Å². The van der Waals surface area contributed by atoms with Crippen molar-refractivity contribution in [2.75, 3.05) is 6.54 Å². The molecular weight excluding hydrogens is 260 g/mol. The predicted molar refractivity (Wildman–Crippen MR) is 86.2 cm³/mol. The van der Waals surface area contributed by atoms with Crippen molar-refractivity contribution in [3.05, 3.63) is 48.0 Å². The van der Waals surface area contributed by atoms with Gasteiger partial charge in [-0.3, -0.25) is 4.68 Å². The van der Waals surface area contributed by atoms with Gasteiger partial charge in [0.05, 0.1) is 0 Å². The number of nitrogens with zero attached hydrogens (tertiary/aromatic N) is 3. The van der Waals surface area contributed by atoms with Gasteiger partial charge in [-0.25, -0.2) is 4.98 Å². The van der Waals surface area contributed by atoms with Crippen molar-refractivity contribution in [3.8, 4) is 0 Å². The average Bonchev–Trinajstić information content (AvgIpc) is 2.94. The van der Waals surface area contributed by atoms with Crippen molar-refractivity contribution in [1.29, 1.82) is 0 Å². The number of aromatic nitrogens is 3. The average molecular weight is 286 g/mol. The van der Waals surface area contributed by atoms with Crippen LogP contribution in [-0.4, -0.2) is 27.4 Å². The van der Waals surface area contributed by atoms with Crippen LogP contribution >= 0.6 is 0 Å². The third-order valence-electron chi connectivity index (χ3n) is 3.68. The lowest BCUT2D eigenvalue weighted by molar-refractivity contribution is 0.461. The third-order valence-corrected chi connectivity index (χ3v) is 3.68. The van der Waals surface area contributed by atoms with E-state index in [2.05, 4.69) is 59.6 Å². The molecule has 0 radical (unpaired) electrons. The van der Waals surface area contributed by atoms with E-state index in [0.29, 0.717) is 6.04 Å². The van der Waals surface area contributed by atoms with Crippen LogP contribution in [0, 0.1) is 0 Å². The Morgan fingerprint density at radius 3 is 2.71 bits per heavy atom. The summed E-state index contributed by atoms with van der Waals surface area (Å²) in [6.07, 6.45) is 5.93. The Morgan fingerprint density at radius 1 is 1.19 bits per heavy atom. The number of hydrogen-bond donors (Lipinski definition) is 1. The summed E-state index contributed by atoms with van der Waals surface area (Å²) in [5.74, 6) is 1.09. The number of benzene rings is 1. The van der Waals surface area contributed by atoms with Crippen LogP contribution in [0.2, 0.25) is 0 Å². The third kappa shape index (κ3) is 4.97. The highest BCUT2D eigenvalue weighted by Gasteiger charge is 2.13. The van der Waals surface area contributed by atoms with Crippen molar-refractivity contribution in [2.24, 2.45) is 0 Å². The van der Waals surface area contributed by atoms with Gasteiger partial charge in [0.25, 0.3) is 0 Å². The molecule has 1 N–H and O–H groups in total. The lowest BCUT2D eigenvalue weighted by Crippen LogP contribution is -2.32. The Hall–Kier alpha value is -1.68. The van der Waals surface area contributed by atoms with E-state index in [-0.39, 0.29) is 0 Å². The molecular formula is C17H26N4. The maximum Gasteiger partial charge on any atom is 0.138 e. The maximum absolute atomic E-state index is 4.42. The molecule has 0 saturated carbocycles. The molecule has 1 aromatic carbocycles. The number of hydrogen-bond acceptors (Lipinski definition) is 3. The second kappa shape index (κ2) is 8.57. The van der Waals surface area contributed by atoms with Crippen LogP contribution in [0.25, 0.3) is 0 Å². The molecule has 1 heterocycles. The summed E-state index contributed by atoms with van der Waals surface area (Å²) in [6, 6.07) is 11.1. The smallest absolute Gasteiger partial charge is 0.138 e. The van der Waals surface area contributed by atoms with Crippen LogP contribution in [0.3, 0.4) is 0 Å². The number of rotatable bonds is 9. The molecule has 0 aliphatic heterocycles. The predicted octanol–water partition coefficient (Wildman–Crippen LogP) is 2.84. The van der Waals surface area contributed by atoms with E-state index in [1.54, 1.807) is 6.33 Å². The number of nitrogens with one attached hydrogen (secondary N) is 1. The second-order valence-electron chi connectivity index (χ2n) is 5.38. The first-order valence-corrected chi connectivity index (χ1v) is 7.97. The molecule has 0 saturated heterocycles. The monoisotopic (exact) mass is 286 g/mol. The largest absolute Gasteiger partial charge is 0.314 e. The minimum absolute atomic E-state index is 0.454. The zero-order chi connectivity index (χ0) is 14.9. The molecule has 0 aliphatic carbocycles. The maximum atomic E-state index is 4.42. The van der Waals surface area contributed by atoms with E-state index in [1.807, 2.05) is 4.68 Å². The molecule has 114 valence electrons. The molecule has 4 nitrogen and oxygen atoms in total. The Labute approximate surface area is 127 Å². The second-order valence-corrected chi connectivity index (χ2v) is 5.38. The summed E-state index contributed by atoms with van der Waals surface area (Å²) in [7, 11) is 0. The number of likely N-dealkylation sites (N-methyl/N-ethyl adjacent to an activating group) is 1. The van der Waals surface area contributed by atoms with Crippen molar-refractivity contribution in [3.63, 3.8) is 0 Å². The normalized spacial score (nSPS) is 12.5. The van der Waals surface area contributed by atoms with E-state index < -0.39 is 0 Å². The first kappa shape index (κ1) is 15.7. The lowest BCUT2D eigenvalue weighted by atomic mass is 10.0. The number of aryl methyl sites for hydroxylation is 2. The molecule has 4 heteroatoms. The van der Waals surface area contributed by atoms with Gasteiger partial charge in [-0.05, 0) is 31.4 Å². The van der Waals surface area contributed by atoms with Crippen molar-refractivity contribution in [1.82, 2.24) is 20.1 Å². The van der Waals surface area contributed by atoms with Gasteiger partial charge in [0.1, 0.15) is 12.2 Å². The molecule has 21 heavy (non-hydrogen) atoms. The molecule has 0 spiro atoms. The molecule has 0 amide bonds. The lowest BCUT2D eigenvalue weighted by Gasteiger charge is -2.18. The van der Waals surface area contributed by atoms with Gasteiger partial charge in [0.2, 0.25) is 0 Å². The summed E-state index contributed by atoms with van der Waals surface area (Å²) in [5, 5.41) is 7.89. The van der Waals surface area contributed by atoms with Gasteiger partial charge in [0.15, 0.2) is 0 Å². The fraction of sp³-hybridized carbons (Fsp3) is 0.529. The quantitative estimate of drug-likeness (QED) is 0.771. The fourth-order valence-electron chi connectivity index (χ4n) is 2.62. The van der Waals surface area contributed by atoms with Crippen molar-refractivity contribution in [2.45, 2.75) is 52.1 Å². The first-order valence-electron chi connectivity index (χ1n) is 7.97. The van der Waals surface area contributed by atoms with E-state index >= 15 is 0 Å². The van der Waals surface area contributed by atoms with Crippen LogP contribution in [0.4, 0.5) is 0 Å². The standard InChI is InChI=1S/C17H26N4/c1-3-12-21-17(19-14-20-21)13-16(18-4-2)11-10-15-8-6-5-7-9-15/h5-9,14,16,18H,3-4,10-13H2,1-2H3. The van der Waals surface area contributed by atoms with Gasteiger partial charge in [0, 0.05) is 19.0 Å². The highest BCUT2D eigenvalue weighted by molar-refractivity contribution is 5.14. The minimum Gasteiger partial charge on any atom is -0.314 e. The highest BCUT2D eigenvalue weighted by atomic mass is 15.3. The van der Waals surface area contributed by atoms with Gasteiger partial charge in [-0.2, -0.15) is 5.10 Å². The van der Waals surface area contributed by atoms with E-state index in [4.69, 9.17) is 0 Å². The van der Waals surface area contributed by atoms with Gasteiger partial charge >= 0.3 is 0 Å². The van der Waals surface area contributed by atoms with Crippen LogP contribution in [0.15, 0.2) is 36.7 Å². The summed E-state index contributed by atoms with van der Waals surface area (Å²) >= 11 is 0. The molecule has 1 unspecified atom stereocenters. The molecule has 1 aromatic heterocycles. The van der Waals surface area contributed by atoms with Gasteiger partial charge in [-0.1, -0.05) is 44.2 Å². The summed E-state index contributed by atoms with van der Waals surface area (Å²) in [4.78, 5) is 4.42. The van der Waals surface area contributed by atoms with E-state index in [1.165, 1.54) is 5.56 Å². The molecule has 0 aliphatic rings. The van der Waals surface area contributed by atoms with Gasteiger partial charge < -0.3 is 5.32 Å². The summed E-state index contributed by atoms with van der Waals surface area (Å²) in [5.41, 5.74) is 1.40. The van der Waals surface area contributed by atoms with E-state index in [0.717, 1.165) is 44.6 Å². The minimum atomic E-state index is 0.454. The molecule has 2 rings (SSSR count). The first-order chi connectivity index (χ1) is 10.3. The summed E-state index contributed by atoms with van der Waals surface area (Å²) < 4.78 is 2.03. The zero-order valence-corrected chi connectivity index (χ0v) is 13.1. The topological polar surface area (TPSA) is 42.7 Å². The Kier molecular flexibility index (Phi) is 6.41. The van der Waals surface area contributed by atoms with Crippen LogP contribution in [0.1, 0.15) is 38.1 Å². The molecule has 2 aromatic rings. The van der Waals surface area contributed by atoms with Crippen LogP contribution in [0.5, 0.6) is 0 Å². The Morgan fingerprint density at radius 2 is 2.00 bits per heavy atom. The fourth-order valence-corrected chi connectivity index (χ4v) is 2.62. The highest BCUT2D eigenvalue weighted by Crippen LogP contribution is 2.09. The van der Waals surface area contributed by atoms with Crippen molar-refractivity contribution >= 4 is 0 Å². The summed E-state index contributed by atoms with van der Waals surface area (Å²) in [6.45, 7) is 6.27. The van der Waals surface area contributed by atoms with Gasteiger partial charge in [-0.15, -0.1) is 0 Å². The Bertz CT molecular complexity index is 507. The van der Waals surface area contributed by atoms with Crippen LogP contribution < -0.4 is 5.32 Å². The molecule has 0 fully saturated rings. The molecule has 1 atom stereocenters. The zero-order valence-electron chi connectivity index (χ0n) is 13.1. The Balaban J connectivity index is 1.93. The van der Waals surface area contributed by atoms with E-state index in [9.17, 15) is 0 Å². The molecule has 0 bridgehead atoms. The van der Waals surface area contributed by atoms with Crippen molar-refractivity contribution < 1.29 is 0 Å².